The molecular weight excluding hydrogens is 400 g/mol. The molecule has 5 rings (SSSR count). The molecule has 1 fully saturated rings. The molecule has 0 unspecified atom stereocenters. The number of aromatic hydroxyl groups is 1. The first-order valence-electron chi connectivity index (χ1n) is 11.7. The van der Waals surface area contributed by atoms with E-state index in [1.165, 1.54) is 25.0 Å². The lowest BCUT2D eigenvalue weighted by atomic mass is 9.79. The highest BCUT2D eigenvalue weighted by Crippen LogP contribution is 2.47. The summed E-state index contributed by atoms with van der Waals surface area (Å²) in [4.78, 5) is 5.00. The molecule has 1 aromatic carbocycles. The molecule has 2 N–H and O–H groups in total. The Morgan fingerprint density at radius 3 is 2.47 bits per heavy atom. The normalized spacial score (nSPS) is 17.4. The number of rotatable bonds is 3. The number of hydrogen-bond donors (Lipinski definition) is 2. The molecule has 168 valence electrons. The molecule has 1 aliphatic carbocycles. The molecule has 2 aromatic heterocycles. The van der Waals surface area contributed by atoms with E-state index in [-0.39, 0.29) is 11.3 Å². The van der Waals surface area contributed by atoms with Gasteiger partial charge >= 0.3 is 0 Å². The highest BCUT2D eigenvalue weighted by Gasteiger charge is 2.36. The number of benzene rings is 1. The minimum atomic E-state index is -0.111. The molecule has 0 bridgehead atoms. The number of nitrogens with zero attached hydrogens (tertiary/aromatic N) is 3. The molecular formula is C26H32N4O2. The third kappa shape index (κ3) is 3.61. The molecule has 3 aromatic rings. The fourth-order valence-electron chi connectivity index (χ4n) is 5.19. The summed E-state index contributed by atoms with van der Waals surface area (Å²) in [5.41, 5.74) is 6.88. The van der Waals surface area contributed by atoms with E-state index in [1.54, 1.807) is 6.26 Å². The van der Waals surface area contributed by atoms with Gasteiger partial charge in [-0.25, -0.2) is 0 Å². The first kappa shape index (κ1) is 20.9. The van der Waals surface area contributed by atoms with Crippen molar-refractivity contribution in [1.82, 2.24) is 9.72 Å². The Bertz CT molecular complexity index is 1110. The van der Waals surface area contributed by atoms with Crippen LogP contribution >= 0.6 is 0 Å². The maximum Gasteiger partial charge on any atom is 0.220 e. The molecule has 1 aliphatic heterocycles. The highest BCUT2D eigenvalue weighted by atomic mass is 16.5. The monoisotopic (exact) mass is 432 g/mol. The van der Waals surface area contributed by atoms with Crippen LogP contribution in [-0.4, -0.2) is 33.6 Å². The fraction of sp³-hybridized carbons (Fsp3) is 0.462. The van der Waals surface area contributed by atoms with Gasteiger partial charge in [0.2, 0.25) is 5.88 Å². The van der Waals surface area contributed by atoms with Crippen molar-refractivity contribution in [1.29, 1.82) is 0 Å². The van der Waals surface area contributed by atoms with Crippen LogP contribution in [0.3, 0.4) is 0 Å². The van der Waals surface area contributed by atoms with Gasteiger partial charge in [0.25, 0.3) is 0 Å². The second-order valence-corrected chi connectivity index (χ2v) is 9.97. The smallest absolute Gasteiger partial charge is 0.220 e. The van der Waals surface area contributed by atoms with Crippen molar-refractivity contribution in [3.8, 4) is 22.8 Å². The van der Waals surface area contributed by atoms with Gasteiger partial charge in [0, 0.05) is 46.5 Å². The van der Waals surface area contributed by atoms with Gasteiger partial charge in [-0.3, -0.25) is 9.56 Å². The van der Waals surface area contributed by atoms with Gasteiger partial charge in [0.1, 0.15) is 17.6 Å². The number of nitrogens with one attached hydrogen (secondary N) is 1. The van der Waals surface area contributed by atoms with Gasteiger partial charge in [0.15, 0.2) is 0 Å². The van der Waals surface area contributed by atoms with Gasteiger partial charge in [-0.2, -0.15) is 0 Å². The number of aromatic nitrogens is 2. The van der Waals surface area contributed by atoms with Crippen LogP contribution in [0, 0.1) is 5.41 Å². The molecule has 0 radical (unpaired) electrons. The summed E-state index contributed by atoms with van der Waals surface area (Å²) in [5, 5.41) is 19.1. The second-order valence-electron chi connectivity index (χ2n) is 9.97. The second kappa shape index (κ2) is 8.15. The minimum Gasteiger partial charge on any atom is -0.493 e. The molecule has 0 spiro atoms. The molecule has 3 heterocycles. The van der Waals surface area contributed by atoms with E-state index in [0.29, 0.717) is 5.92 Å². The topological polar surface area (TPSA) is 75.6 Å². The Labute approximate surface area is 189 Å². The molecule has 0 amide bonds. The summed E-state index contributed by atoms with van der Waals surface area (Å²) < 4.78 is 7.06. The summed E-state index contributed by atoms with van der Waals surface area (Å²) in [6, 6.07) is 10.0. The van der Waals surface area contributed by atoms with Crippen molar-refractivity contribution in [2.24, 2.45) is 10.4 Å². The quantitative estimate of drug-likeness (QED) is 0.521. The van der Waals surface area contributed by atoms with Gasteiger partial charge in [-0.1, -0.05) is 57.3 Å². The van der Waals surface area contributed by atoms with Crippen LogP contribution in [-0.2, 0) is 0 Å². The van der Waals surface area contributed by atoms with E-state index in [0.717, 1.165) is 59.8 Å². The third-order valence-corrected chi connectivity index (χ3v) is 6.66. The van der Waals surface area contributed by atoms with E-state index in [1.807, 2.05) is 18.2 Å². The van der Waals surface area contributed by atoms with E-state index >= 15 is 0 Å². The van der Waals surface area contributed by atoms with Crippen molar-refractivity contribution in [2.75, 3.05) is 18.4 Å². The third-order valence-electron chi connectivity index (χ3n) is 6.66. The van der Waals surface area contributed by atoms with Crippen LogP contribution in [0.15, 0.2) is 46.1 Å². The van der Waals surface area contributed by atoms with Crippen molar-refractivity contribution >= 4 is 11.4 Å². The van der Waals surface area contributed by atoms with Crippen LogP contribution in [0.25, 0.3) is 16.9 Å². The summed E-state index contributed by atoms with van der Waals surface area (Å²) in [6.45, 7) is 8.09. The number of aliphatic imine (C=N–C) groups is 1. The van der Waals surface area contributed by atoms with Gasteiger partial charge in [-0.05, 0) is 25.0 Å². The predicted octanol–water partition coefficient (Wildman–Crippen LogP) is 6.15. The Morgan fingerprint density at radius 2 is 1.81 bits per heavy atom. The van der Waals surface area contributed by atoms with Crippen molar-refractivity contribution in [2.45, 2.75) is 58.8 Å². The Balaban J connectivity index is 1.70. The van der Waals surface area contributed by atoms with Gasteiger partial charge < -0.3 is 14.9 Å². The zero-order valence-electron chi connectivity index (χ0n) is 19.2. The molecule has 1 saturated carbocycles. The highest BCUT2D eigenvalue weighted by molar-refractivity contribution is 6.11. The SMILES string of the molecule is CC(C)(C)C1=NCCNc2c1c(C1CCCCC1)n(-c1ccc(-c3ccon3)cc1)c2O. The van der Waals surface area contributed by atoms with Crippen LogP contribution < -0.4 is 5.32 Å². The fourth-order valence-corrected chi connectivity index (χ4v) is 5.19. The van der Waals surface area contributed by atoms with E-state index in [4.69, 9.17) is 9.52 Å². The zero-order valence-corrected chi connectivity index (χ0v) is 19.2. The largest absolute Gasteiger partial charge is 0.493 e. The van der Waals surface area contributed by atoms with Crippen molar-refractivity contribution in [3.63, 3.8) is 0 Å². The van der Waals surface area contributed by atoms with Crippen LogP contribution in [0.1, 0.15) is 70.1 Å². The van der Waals surface area contributed by atoms with E-state index < -0.39 is 0 Å². The van der Waals surface area contributed by atoms with Crippen LogP contribution in [0.4, 0.5) is 5.69 Å². The lowest BCUT2D eigenvalue weighted by Crippen LogP contribution is -2.24. The Hall–Kier alpha value is -3.02. The number of hydrogen-bond acceptors (Lipinski definition) is 5. The molecule has 0 atom stereocenters. The van der Waals surface area contributed by atoms with Gasteiger partial charge in [-0.15, -0.1) is 0 Å². The molecule has 6 nitrogen and oxygen atoms in total. The summed E-state index contributed by atoms with van der Waals surface area (Å²) in [5.74, 6) is 0.690. The molecule has 2 aliphatic rings. The lowest BCUT2D eigenvalue weighted by Gasteiger charge is -2.28. The standard InChI is InChI=1S/C26H32N4O2/c1-26(2,3)24-21-22(27-14-15-28-24)25(31)30(23(21)18-7-5-4-6-8-18)19-11-9-17(10-12-19)20-13-16-32-29-20/h9-13,16,18,27,31H,4-8,14-15H2,1-3H3. The van der Waals surface area contributed by atoms with Crippen molar-refractivity contribution < 1.29 is 9.63 Å². The van der Waals surface area contributed by atoms with Crippen molar-refractivity contribution in [3.05, 3.63) is 47.9 Å². The first-order valence-corrected chi connectivity index (χ1v) is 11.7. The van der Waals surface area contributed by atoms with Crippen LogP contribution in [0.2, 0.25) is 0 Å². The minimum absolute atomic E-state index is 0.111. The number of anilines is 1. The first-order chi connectivity index (χ1) is 15.4. The predicted molar refractivity (Wildman–Crippen MR) is 128 cm³/mol. The maximum absolute atomic E-state index is 11.5. The average Bonchev–Trinajstić information content (AvgIpc) is 3.34. The molecule has 6 heteroatoms. The average molecular weight is 433 g/mol. The molecule has 0 saturated heterocycles. The lowest BCUT2D eigenvalue weighted by molar-refractivity contribution is 0.412. The Morgan fingerprint density at radius 1 is 1.06 bits per heavy atom. The summed E-state index contributed by atoms with van der Waals surface area (Å²) >= 11 is 0. The summed E-state index contributed by atoms with van der Waals surface area (Å²) in [6.07, 6.45) is 7.61. The van der Waals surface area contributed by atoms with E-state index in [9.17, 15) is 5.11 Å². The van der Waals surface area contributed by atoms with Crippen LogP contribution in [0.5, 0.6) is 5.88 Å². The van der Waals surface area contributed by atoms with E-state index in [2.05, 4.69) is 47.9 Å². The van der Waals surface area contributed by atoms with Gasteiger partial charge in [0.05, 0.1) is 12.3 Å². The zero-order chi connectivity index (χ0) is 22.3. The maximum atomic E-state index is 11.5. The summed E-state index contributed by atoms with van der Waals surface area (Å²) in [7, 11) is 0. The molecule has 32 heavy (non-hydrogen) atoms. The Kier molecular flexibility index (Phi) is 5.31. The number of fused-ring (bicyclic) bond motifs is 1.